The summed E-state index contributed by atoms with van der Waals surface area (Å²) in [7, 11) is 1.57. The van der Waals surface area contributed by atoms with Gasteiger partial charge in [0.05, 0.1) is 6.54 Å². The highest BCUT2D eigenvalue weighted by Crippen LogP contribution is 2.31. The van der Waals surface area contributed by atoms with Crippen molar-refractivity contribution in [1.82, 2.24) is 10.2 Å². The number of hydrogen-bond acceptors (Lipinski definition) is 5. The lowest BCUT2D eigenvalue weighted by atomic mass is 9.92. The zero-order chi connectivity index (χ0) is 21.0. The van der Waals surface area contributed by atoms with Crippen LogP contribution in [0.2, 0.25) is 0 Å². The standard InChI is InChI=1S/C22H30N2O5/c1-22(2,3)29-21(26)24-11-10-18(19(13-24)20(25)23-16-8-9-16)15-6-5-7-17(12-15)28-14-27-4/h5-7,12,16H,8-11,13-14H2,1-4H3,(H,23,25). The van der Waals surface area contributed by atoms with Gasteiger partial charge in [-0.05, 0) is 63.3 Å². The molecule has 1 aromatic carbocycles. The Labute approximate surface area is 172 Å². The zero-order valence-corrected chi connectivity index (χ0v) is 17.6. The fraction of sp³-hybridized carbons (Fsp3) is 0.545. The minimum Gasteiger partial charge on any atom is -0.468 e. The molecule has 7 heteroatoms. The third-order valence-electron chi connectivity index (χ3n) is 4.71. The van der Waals surface area contributed by atoms with Crippen LogP contribution in [-0.4, -0.2) is 55.5 Å². The van der Waals surface area contributed by atoms with Crippen LogP contribution in [0.3, 0.4) is 0 Å². The maximum atomic E-state index is 12.9. The first-order chi connectivity index (χ1) is 13.8. The first-order valence-electron chi connectivity index (χ1n) is 10.00. The van der Waals surface area contributed by atoms with Gasteiger partial charge in [0.2, 0.25) is 5.91 Å². The Morgan fingerprint density at radius 3 is 2.66 bits per heavy atom. The molecule has 158 valence electrons. The number of methoxy groups -OCH3 is 1. The summed E-state index contributed by atoms with van der Waals surface area (Å²) in [6.07, 6.45) is 2.18. The minimum atomic E-state index is -0.579. The van der Waals surface area contributed by atoms with Gasteiger partial charge in [-0.3, -0.25) is 4.79 Å². The molecule has 1 heterocycles. The van der Waals surface area contributed by atoms with Crippen LogP contribution in [0, 0.1) is 0 Å². The first kappa shape index (κ1) is 21.2. The molecule has 0 bridgehead atoms. The molecule has 0 radical (unpaired) electrons. The van der Waals surface area contributed by atoms with Crippen molar-refractivity contribution in [3.05, 3.63) is 35.4 Å². The van der Waals surface area contributed by atoms with Gasteiger partial charge in [0.1, 0.15) is 11.4 Å². The first-order valence-corrected chi connectivity index (χ1v) is 10.00. The van der Waals surface area contributed by atoms with E-state index >= 15 is 0 Å². The molecule has 1 aromatic rings. The topological polar surface area (TPSA) is 77.1 Å². The highest BCUT2D eigenvalue weighted by molar-refractivity contribution is 6.03. The van der Waals surface area contributed by atoms with Crippen LogP contribution in [0.5, 0.6) is 5.75 Å². The number of nitrogens with zero attached hydrogens (tertiary/aromatic N) is 1. The number of benzene rings is 1. The van der Waals surface area contributed by atoms with Crippen molar-refractivity contribution < 1.29 is 23.8 Å². The average molecular weight is 402 g/mol. The molecule has 2 aliphatic rings. The summed E-state index contributed by atoms with van der Waals surface area (Å²) in [4.78, 5) is 27.1. The summed E-state index contributed by atoms with van der Waals surface area (Å²) >= 11 is 0. The summed E-state index contributed by atoms with van der Waals surface area (Å²) < 4.78 is 16.0. The van der Waals surface area contributed by atoms with Gasteiger partial charge in [-0.1, -0.05) is 12.1 Å². The molecule has 0 unspecified atom stereocenters. The van der Waals surface area contributed by atoms with E-state index in [4.69, 9.17) is 14.2 Å². The van der Waals surface area contributed by atoms with Gasteiger partial charge in [0.25, 0.3) is 0 Å². The molecular weight excluding hydrogens is 372 g/mol. The predicted octanol–water partition coefficient (Wildman–Crippen LogP) is 3.34. The lowest BCUT2D eigenvalue weighted by molar-refractivity contribution is -0.117. The van der Waals surface area contributed by atoms with Crippen LogP contribution in [0.15, 0.2) is 29.8 Å². The number of nitrogens with one attached hydrogen (secondary N) is 1. The van der Waals surface area contributed by atoms with E-state index in [9.17, 15) is 9.59 Å². The van der Waals surface area contributed by atoms with Crippen molar-refractivity contribution in [1.29, 1.82) is 0 Å². The van der Waals surface area contributed by atoms with Crippen LogP contribution >= 0.6 is 0 Å². The van der Waals surface area contributed by atoms with Gasteiger partial charge in [-0.25, -0.2) is 4.79 Å². The highest BCUT2D eigenvalue weighted by Gasteiger charge is 2.32. The third kappa shape index (κ3) is 5.97. The van der Waals surface area contributed by atoms with Gasteiger partial charge in [0, 0.05) is 25.3 Å². The quantitative estimate of drug-likeness (QED) is 0.739. The van der Waals surface area contributed by atoms with Crippen LogP contribution in [0.1, 0.15) is 45.6 Å². The zero-order valence-electron chi connectivity index (χ0n) is 17.6. The second-order valence-electron chi connectivity index (χ2n) is 8.44. The lowest BCUT2D eigenvalue weighted by Gasteiger charge is -2.32. The fourth-order valence-corrected chi connectivity index (χ4v) is 3.17. The van der Waals surface area contributed by atoms with Crippen LogP contribution < -0.4 is 10.1 Å². The van der Waals surface area contributed by atoms with Crippen LogP contribution in [0.4, 0.5) is 4.79 Å². The van der Waals surface area contributed by atoms with E-state index in [0.717, 1.165) is 24.0 Å². The van der Waals surface area contributed by atoms with E-state index in [-0.39, 0.29) is 25.3 Å². The number of carbonyl (C=O) groups is 2. The molecule has 0 atom stereocenters. The number of rotatable bonds is 6. The van der Waals surface area contributed by atoms with Gasteiger partial charge < -0.3 is 24.4 Å². The lowest BCUT2D eigenvalue weighted by Crippen LogP contribution is -2.43. The number of hydrogen-bond donors (Lipinski definition) is 1. The molecule has 7 nitrogen and oxygen atoms in total. The minimum absolute atomic E-state index is 0.112. The van der Waals surface area contributed by atoms with Crippen molar-refractivity contribution in [3.8, 4) is 5.75 Å². The number of amides is 2. The predicted molar refractivity (Wildman–Crippen MR) is 109 cm³/mol. The molecule has 1 N–H and O–H groups in total. The molecule has 1 fully saturated rings. The van der Waals surface area contributed by atoms with Gasteiger partial charge in [-0.15, -0.1) is 0 Å². The fourth-order valence-electron chi connectivity index (χ4n) is 3.17. The van der Waals surface area contributed by atoms with Crippen molar-refractivity contribution in [2.75, 3.05) is 27.0 Å². The molecule has 29 heavy (non-hydrogen) atoms. The van der Waals surface area contributed by atoms with E-state index in [1.807, 2.05) is 45.0 Å². The normalized spacial score (nSPS) is 17.2. The Bertz CT molecular complexity index is 793. The smallest absolute Gasteiger partial charge is 0.410 e. The maximum absolute atomic E-state index is 12.9. The van der Waals surface area contributed by atoms with Crippen molar-refractivity contribution in [3.63, 3.8) is 0 Å². The Morgan fingerprint density at radius 1 is 1.24 bits per heavy atom. The molecule has 1 aliphatic heterocycles. The maximum Gasteiger partial charge on any atom is 0.410 e. The number of carbonyl (C=O) groups excluding carboxylic acids is 2. The SMILES string of the molecule is COCOc1cccc(C2=C(C(=O)NC3CC3)CN(C(=O)OC(C)(C)C)CC2)c1. The molecule has 0 saturated heterocycles. The summed E-state index contributed by atoms with van der Waals surface area (Å²) in [5, 5.41) is 3.05. The molecular formula is C22H30N2O5. The van der Waals surface area contributed by atoms with Crippen molar-refractivity contribution in [2.45, 2.75) is 51.7 Å². The molecule has 1 saturated carbocycles. The second kappa shape index (κ2) is 8.86. The van der Waals surface area contributed by atoms with E-state index in [1.165, 1.54) is 0 Å². The van der Waals surface area contributed by atoms with Crippen LogP contribution in [-0.2, 0) is 14.3 Å². The van der Waals surface area contributed by atoms with Gasteiger partial charge in [-0.2, -0.15) is 0 Å². The molecule has 0 aromatic heterocycles. The average Bonchev–Trinajstić information content (AvgIpc) is 3.48. The van der Waals surface area contributed by atoms with Crippen molar-refractivity contribution in [2.24, 2.45) is 0 Å². The highest BCUT2D eigenvalue weighted by atomic mass is 16.7. The Hall–Kier alpha value is -2.54. The third-order valence-corrected chi connectivity index (χ3v) is 4.71. The Balaban J connectivity index is 1.86. The molecule has 3 rings (SSSR count). The van der Waals surface area contributed by atoms with E-state index in [0.29, 0.717) is 24.3 Å². The van der Waals surface area contributed by atoms with Gasteiger partial charge >= 0.3 is 6.09 Å². The molecule has 0 spiro atoms. The van der Waals surface area contributed by atoms with Crippen LogP contribution in [0.25, 0.3) is 5.57 Å². The summed E-state index contributed by atoms with van der Waals surface area (Å²) in [6.45, 7) is 6.39. The summed E-state index contributed by atoms with van der Waals surface area (Å²) in [5.41, 5.74) is 1.89. The molecule has 1 aliphatic carbocycles. The largest absolute Gasteiger partial charge is 0.468 e. The van der Waals surface area contributed by atoms with Gasteiger partial charge in [0.15, 0.2) is 6.79 Å². The summed E-state index contributed by atoms with van der Waals surface area (Å²) in [5.74, 6) is 0.562. The van der Waals surface area contributed by atoms with E-state index in [2.05, 4.69) is 5.32 Å². The Kier molecular flexibility index (Phi) is 6.47. The second-order valence-corrected chi connectivity index (χ2v) is 8.44. The monoisotopic (exact) mass is 402 g/mol. The Morgan fingerprint density at radius 2 is 2.00 bits per heavy atom. The van der Waals surface area contributed by atoms with E-state index < -0.39 is 11.7 Å². The van der Waals surface area contributed by atoms with E-state index in [1.54, 1.807) is 12.0 Å². The van der Waals surface area contributed by atoms with Crippen molar-refractivity contribution >= 4 is 17.6 Å². The molecule has 2 amide bonds. The summed E-state index contributed by atoms with van der Waals surface area (Å²) in [6, 6.07) is 7.85. The number of ether oxygens (including phenoxy) is 3.